The fourth-order valence-electron chi connectivity index (χ4n) is 3.41. The number of carbonyl (C=O) groups is 2. The van der Waals surface area contributed by atoms with Crippen LogP contribution in [0.5, 0.6) is 11.5 Å². The molecule has 1 fully saturated rings. The summed E-state index contributed by atoms with van der Waals surface area (Å²) in [6.45, 7) is 0.349. The van der Waals surface area contributed by atoms with Gasteiger partial charge >= 0.3 is 0 Å². The second kappa shape index (κ2) is 9.67. The number of carbonyl (C=O) groups excluding carboxylic acids is 2. The smallest absolute Gasteiger partial charge is 0.294 e. The van der Waals surface area contributed by atoms with Crippen LogP contribution in [0.15, 0.2) is 59.5 Å². The van der Waals surface area contributed by atoms with Gasteiger partial charge in [0.15, 0.2) is 11.5 Å². The lowest BCUT2D eigenvalue weighted by atomic mass is 10.1. The van der Waals surface area contributed by atoms with E-state index in [4.69, 9.17) is 15.9 Å². The first-order chi connectivity index (χ1) is 15.5. The van der Waals surface area contributed by atoms with Crippen molar-refractivity contribution in [2.24, 2.45) is 0 Å². The summed E-state index contributed by atoms with van der Waals surface area (Å²) in [5.41, 5.74) is 1.81. The first-order valence-corrected chi connectivity index (χ1v) is 11.6. The van der Waals surface area contributed by atoms with Gasteiger partial charge in [-0.05, 0) is 74.5 Å². The molecule has 0 atom stereocenters. The quantitative estimate of drug-likeness (QED) is 0.222. The Labute approximate surface area is 203 Å². The summed E-state index contributed by atoms with van der Waals surface area (Å²) in [7, 11) is 1.57. The van der Waals surface area contributed by atoms with E-state index in [-0.39, 0.29) is 17.7 Å². The van der Waals surface area contributed by atoms with Crippen molar-refractivity contribution in [2.45, 2.75) is 6.61 Å². The first kappa shape index (κ1) is 22.2. The third-order valence-electron chi connectivity index (χ3n) is 4.92. The lowest BCUT2D eigenvalue weighted by molar-refractivity contribution is -0.122. The Morgan fingerprint density at radius 2 is 1.94 bits per heavy atom. The highest BCUT2D eigenvalue weighted by molar-refractivity contribution is 14.1. The molecular formula is C25H18INO4S. The van der Waals surface area contributed by atoms with Gasteiger partial charge in [0.05, 0.1) is 22.1 Å². The van der Waals surface area contributed by atoms with Gasteiger partial charge in [-0.1, -0.05) is 48.4 Å². The summed E-state index contributed by atoms with van der Waals surface area (Å²) < 4.78 is 12.5. The van der Waals surface area contributed by atoms with Crippen LogP contribution in [0, 0.1) is 15.9 Å². The maximum Gasteiger partial charge on any atom is 0.294 e. The van der Waals surface area contributed by atoms with E-state index in [0.29, 0.717) is 23.0 Å². The first-order valence-electron chi connectivity index (χ1n) is 9.67. The number of nitrogens with zero attached hydrogens (tertiary/aromatic N) is 1. The van der Waals surface area contributed by atoms with Crippen LogP contribution in [0.4, 0.5) is 4.79 Å². The number of ether oxygens (including phenoxy) is 2. The maximum atomic E-state index is 12.4. The number of terminal acetylenes is 1. The number of hydrogen-bond acceptors (Lipinski definition) is 5. The van der Waals surface area contributed by atoms with Crippen LogP contribution >= 0.6 is 34.4 Å². The number of benzene rings is 3. The van der Waals surface area contributed by atoms with Crippen molar-refractivity contribution in [3.63, 3.8) is 0 Å². The number of methoxy groups -OCH3 is 1. The highest BCUT2D eigenvalue weighted by Gasteiger charge is 2.34. The summed E-state index contributed by atoms with van der Waals surface area (Å²) in [6, 6.07) is 18.0. The van der Waals surface area contributed by atoms with Crippen LogP contribution in [-0.4, -0.2) is 29.7 Å². The van der Waals surface area contributed by atoms with Gasteiger partial charge in [-0.3, -0.25) is 14.5 Å². The number of fused-ring (bicyclic) bond motifs is 1. The Bertz CT molecular complexity index is 1290. The molecule has 1 aliphatic rings. The summed E-state index contributed by atoms with van der Waals surface area (Å²) in [4.78, 5) is 25.8. The van der Waals surface area contributed by atoms with E-state index in [0.717, 1.165) is 42.1 Å². The molecule has 0 spiro atoms. The third-order valence-corrected chi connectivity index (χ3v) is 6.63. The van der Waals surface area contributed by atoms with Crippen molar-refractivity contribution in [3.8, 4) is 23.8 Å². The van der Waals surface area contributed by atoms with Crippen molar-refractivity contribution < 1.29 is 19.1 Å². The fraction of sp³-hybridized carbons (Fsp3) is 0.120. The predicted octanol–water partition coefficient (Wildman–Crippen LogP) is 5.70. The monoisotopic (exact) mass is 555 g/mol. The molecular weight excluding hydrogens is 537 g/mol. The average molecular weight is 555 g/mol. The summed E-state index contributed by atoms with van der Waals surface area (Å²) in [6.07, 6.45) is 6.92. The Hall–Kier alpha value is -2.96. The topological polar surface area (TPSA) is 55.8 Å². The summed E-state index contributed by atoms with van der Waals surface area (Å²) in [5, 5.41) is 1.93. The van der Waals surface area contributed by atoms with E-state index >= 15 is 0 Å². The summed E-state index contributed by atoms with van der Waals surface area (Å²) in [5.74, 6) is 3.12. The van der Waals surface area contributed by atoms with Crippen molar-refractivity contribution in [3.05, 3.63) is 74.2 Å². The largest absolute Gasteiger partial charge is 0.493 e. The van der Waals surface area contributed by atoms with E-state index in [1.165, 1.54) is 0 Å². The predicted molar refractivity (Wildman–Crippen MR) is 136 cm³/mol. The molecule has 2 amide bonds. The minimum Gasteiger partial charge on any atom is -0.493 e. The van der Waals surface area contributed by atoms with Crippen molar-refractivity contribution in [2.75, 3.05) is 13.7 Å². The average Bonchev–Trinajstić information content (AvgIpc) is 3.05. The Balaban J connectivity index is 1.60. The van der Waals surface area contributed by atoms with Crippen LogP contribution in [0.2, 0.25) is 0 Å². The molecule has 0 unspecified atom stereocenters. The zero-order chi connectivity index (χ0) is 22.7. The molecule has 0 N–H and O–H groups in total. The lowest BCUT2D eigenvalue weighted by Gasteiger charge is -2.15. The number of thioether (sulfide) groups is 1. The lowest BCUT2D eigenvalue weighted by Crippen LogP contribution is -2.28. The van der Waals surface area contributed by atoms with Crippen LogP contribution in [0.25, 0.3) is 16.8 Å². The van der Waals surface area contributed by atoms with Crippen LogP contribution in [0.1, 0.15) is 11.1 Å². The molecule has 1 saturated heterocycles. The SMILES string of the molecule is C#CCN1C(=O)S/C(=C/c2cc(I)c(OCc3cccc4ccccc34)c(OC)c2)C1=O. The molecule has 160 valence electrons. The molecule has 5 nitrogen and oxygen atoms in total. The molecule has 3 aromatic rings. The van der Waals surface area contributed by atoms with Gasteiger partial charge in [-0.25, -0.2) is 0 Å². The third kappa shape index (κ3) is 4.47. The zero-order valence-electron chi connectivity index (χ0n) is 17.1. The van der Waals surface area contributed by atoms with Gasteiger partial charge in [-0.2, -0.15) is 0 Å². The van der Waals surface area contributed by atoms with Crippen molar-refractivity contribution in [1.29, 1.82) is 0 Å². The molecule has 3 aromatic carbocycles. The molecule has 0 radical (unpaired) electrons. The molecule has 32 heavy (non-hydrogen) atoms. The molecule has 0 bridgehead atoms. The highest BCUT2D eigenvalue weighted by atomic mass is 127. The molecule has 1 aliphatic heterocycles. The minimum absolute atomic E-state index is 0.0379. The number of amides is 2. The van der Waals surface area contributed by atoms with Gasteiger partial charge in [0, 0.05) is 0 Å². The van der Waals surface area contributed by atoms with Crippen molar-refractivity contribution in [1.82, 2.24) is 4.90 Å². The Morgan fingerprint density at radius 1 is 1.16 bits per heavy atom. The van der Waals surface area contributed by atoms with E-state index in [1.807, 2.05) is 30.3 Å². The highest BCUT2D eigenvalue weighted by Crippen LogP contribution is 2.37. The number of imide groups is 1. The van der Waals surface area contributed by atoms with E-state index in [9.17, 15) is 9.59 Å². The number of rotatable bonds is 6. The van der Waals surface area contributed by atoms with Gasteiger partial charge < -0.3 is 9.47 Å². The molecule has 0 aliphatic carbocycles. The van der Waals surface area contributed by atoms with Gasteiger partial charge in [0.1, 0.15) is 6.61 Å². The van der Waals surface area contributed by atoms with E-state index in [1.54, 1.807) is 19.3 Å². The Morgan fingerprint density at radius 3 is 2.72 bits per heavy atom. The molecule has 1 heterocycles. The maximum absolute atomic E-state index is 12.4. The zero-order valence-corrected chi connectivity index (χ0v) is 20.1. The van der Waals surface area contributed by atoms with Gasteiger partial charge in [0.2, 0.25) is 0 Å². The Kier molecular flexibility index (Phi) is 6.72. The van der Waals surface area contributed by atoms with Crippen LogP contribution < -0.4 is 9.47 Å². The molecule has 7 heteroatoms. The molecule has 0 saturated carbocycles. The number of halogens is 1. The fourth-order valence-corrected chi connectivity index (χ4v) is 5.03. The van der Waals surface area contributed by atoms with Gasteiger partial charge in [-0.15, -0.1) is 6.42 Å². The second-order valence-corrected chi connectivity index (χ2v) is 9.09. The molecule has 4 rings (SSSR count). The van der Waals surface area contributed by atoms with Crippen molar-refractivity contribution >= 4 is 62.3 Å². The summed E-state index contributed by atoms with van der Waals surface area (Å²) >= 11 is 3.06. The van der Waals surface area contributed by atoms with Gasteiger partial charge in [0.25, 0.3) is 11.1 Å². The minimum atomic E-state index is -0.386. The second-order valence-electron chi connectivity index (χ2n) is 6.93. The normalized spacial score (nSPS) is 14.8. The number of hydrogen-bond donors (Lipinski definition) is 0. The van der Waals surface area contributed by atoms with Crippen LogP contribution in [-0.2, 0) is 11.4 Å². The standard InChI is InChI=1S/C25H18INO4S/c1-3-11-27-24(28)22(32-25(27)29)14-16-12-20(26)23(21(13-16)30-2)31-15-18-9-6-8-17-7-4-5-10-19(17)18/h1,4-10,12-14H,11,15H2,2H3/b22-14+. The van der Waals surface area contributed by atoms with Crippen LogP contribution in [0.3, 0.4) is 0 Å². The molecule has 0 aromatic heterocycles. The van der Waals surface area contributed by atoms with E-state index < -0.39 is 0 Å². The van der Waals surface area contributed by atoms with E-state index in [2.05, 4.69) is 46.7 Å².